The number of fused-ring (bicyclic) bond motifs is 7. The lowest BCUT2D eigenvalue weighted by Gasteiger charge is -2.21. The minimum atomic E-state index is -0.0750. The molecule has 0 bridgehead atoms. The van der Waals surface area contributed by atoms with Crippen molar-refractivity contribution >= 4 is 21.8 Å². The molecule has 0 amide bonds. The second-order valence-corrected chi connectivity index (χ2v) is 9.52. The van der Waals surface area contributed by atoms with Crippen LogP contribution in [0.2, 0.25) is 0 Å². The van der Waals surface area contributed by atoms with E-state index in [9.17, 15) is 0 Å². The summed E-state index contributed by atoms with van der Waals surface area (Å²) in [6.07, 6.45) is 2.34. The SMILES string of the molecule is CC1(C)c2ccccc2-n2cc3c4ccccc4n(-c4ccc(-c5ccccc5)cc4)c3c21. The topological polar surface area (TPSA) is 9.86 Å². The first kappa shape index (κ1) is 18.5. The summed E-state index contributed by atoms with van der Waals surface area (Å²) in [5, 5.41) is 2.62. The van der Waals surface area contributed by atoms with Crippen LogP contribution < -0.4 is 0 Å². The minimum absolute atomic E-state index is 0.0750. The van der Waals surface area contributed by atoms with Crippen LogP contribution in [0.15, 0.2) is 109 Å². The van der Waals surface area contributed by atoms with Crippen molar-refractivity contribution in [2.24, 2.45) is 0 Å². The zero-order valence-corrected chi connectivity index (χ0v) is 18.8. The molecular weight excluding hydrogens is 400 g/mol. The fourth-order valence-electron chi connectivity index (χ4n) is 5.77. The third-order valence-electron chi connectivity index (χ3n) is 7.30. The largest absolute Gasteiger partial charge is 0.317 e. The molecule has 0 saturated carbocycles. The molecule has 1 aliphatic rings. The molecule has 3 heterocycles. The highest BCUT2D eigenvalue weighted by Crippen LogP contribution is 2.49. The van der Waals surface area contributed by atoms with Crippen molar-refractivity contribution in [3.8, 4) is 22.5 Å². The molecule has 0 fully saturated rings. The van der Waals surface area contributed by atoms with Gasteiger partial charge in [-0.25, -0.2) is 0 Å². The summed E-state index contributed by atoms with van der Waals surface area (Å²) in [7, 11) is 0. The van der Waals surface area contributed by atoms with Crippen molar-refractivity contribution in [1.82, 2.24) is 9.13 Å². The Hall–Kier alpha value is -4.04. The van der Waals surface area contributed by atoms with E-state index in [1.54, 1.807) is 0 Å². The van der Waals surface area contributed by atoms with Crippen LogP contribution in [0.25, 0.3) is 44.3 Å². The number of nitrogens with zero attached hydrogens (tertiary/aromatic N) is 2. The molecule has 0 spiro atoms. The van der Waals surface area contributed by atoms with E-state index in [0.29, 0.717) is 0 Å². The lowest BCUT2D eigenvalue weighted by atomic mass is 9.83. The van der Waals surface area contributed by atoms with E-state index < -0.39 is 0 Å². The van der Waals surface area contributed by atoms with Crippen molar-refractivity contribution < 1.29 is 0 Å². The van der Waals surface area contributed by atoms with E-state index in [-0.39, 0.29) is 5.41 Å². The predicted octanol–water partition coefficient (Wildman–Crippen LogP) is 7.88. The van der Waals surface area contributed by atoms with Crippen LogP contribution in [-0.4, -0.2) is 9.13 Å². The summed E-state index contributed by atoms with van der Waals surface area (Å²) >= 11 is 0. The zero-order chi connectivity index (χ0) is 22.2. The summed E-state index contributed by atoms with van der Waals surface area (Å²) in [6, 6.07) is 37.2. The minimum Gasteiger partial charge on any atom is -0.317 e. The van der Waals surface area contributed by atoms with Crippen LogP contribution in [0.5, 0.6) is 0 Å². The number of hydrogen-bond acceptors (Lipinski definition) is 0. The molecule has 2 nitrogen and oxygen atoms in total. The number of para-hydroxylation sites is 2. The summed E-state index contributed by atoms with van der Waals surface area (Å²) < 4.78 is 4.88. The van der Waals surface area contributed by atoms with Crippen molar-refractivity contribution in [2.75, 3.05) is 0 Å². The van der Waals surface area contributed by atoms with Crippen molar-refractivity contribution in [2.45, 2.75) is 19.3 Å². The molecule has 6 aromatic rings. The lowest BCUT2D eigenvalue weighted by Crippen LogP contribution is -2.16. The quantitative estimate of drug-likeness (QED) is 0.267. The molecule has 0 saturated heterocycles. The fraction of sp³-hybridized carbons (Fsp3) is 0.0968. The van der Waals surface area contributed by atoms with Crippen LogP contribution in [0.1, 0.15) is 25.1 Å². The normalized spacial score (nSPS) is 14.0. The van der Waals surface area contributed by atoms with Gasteiger partial charge in [0.05, 0.1) is 16.7 Å². The van der Waals surface area contributed by atoms with Gasteiger partial charge in [-0.3, -0.25) is 0 Å². The molecule has 33 heavy (non-hydrogen) atoms. The highest BCUT2D eigenvalue weighted by molar-refractivity contribution is 6.11. The second-order valence-electron chi connectivity index (χ2n) is 9.52. The Balaban J connectivity index is 1.53. The molecule has 7 rings (SSSR count). The standard InChI is InChI=1S/C31H24N2/c1-31(2)26-13-7-9-15-28(26)32-20-25-24-12-6-8-14-27(24)33(29(25)30(31)32)23-18-16-22(17-19-23)21-10-4-3-5-11-21/h3-20H,1-2H3. The van der Waals surface area contributed by atoms with Crippen molar-refractivity contribution in [1.29, 1.82) is 0 Å². The maximum Gasteiger partial charge on any atom is 0.0763 e. The Morgan fingerprint density at radius 1 is 0.606 bits per heavy atom. The average Bonchev–Trinajstić information content (AvgIpc) is 3.46. The van der Waals surface area contributed by atoms with E-state index in [4.69, 9.17) is 0 Å². The Kier molecular flexibility index (Phi) is 3.64. The van der Waals surface area contributed by atoms with Gasteiger partial charge < -0.3 is 9.13 Å². The van der Waals surface area contributed by atoms with E-state index in [1.165, 1.54) is 55.6 Å². The van der Waals surface area contributed by atoms with Crippen molar-refractivity contribution in [3.63, 3.8) is 0 Å². The van der Waals surface area contributed by atoms with E-state index in [0.717, 1.165) is 0 Å². The number of hydrogen-bond donors (Lipinski definition) is 0. The fourth-order valence-corrected chi connectivity index (χ4v) is 5.77. The molecule has 4 aromatic carbocycles. The van der Waals surface area contributed by atoms with Crippen LogP contribution in [-0.2, 0) is 5.41 Å². The Morgan fingerprint density at radius 2 is 1.27 bits per heavy atom. The van der Waals surface area contributed by atoms with E-state index in [1.807, 2.05) is 0 Å². The van der Waals surface area contributed by atoms with Crippen LogP contribution >= 0.6 is 0 Å². The molecular formula is C31H24N2. The molecule has 158 valence electrons. The summed E-state index contributed by atoms with van der Waals surface area (Å²) in [4.78, 5) is 0. The van der Waals surface area contributed by atoms with Crippen LogP contribution in [0.3, 0.4) is 0 Å². The smallest absolute Gasteiger partial charge is 0.0763 e. The Bertz CT molecular complexity index is 1660. The van der Waals surface area contributed by atoms with Gasteiger partial charge in [-0.05, 0) is 41.0 Å². The first-order valence-electron chi connectivity index (χ1n) is 11.6. The first-order valence-corrected chi connectivity index (χ1v) is 11.6. The molecule has 0 atom stereocenters. The third-order valence-corrected chi connectivity index (χ3v) is 7.30. The monoisotopic (exact) mass is 424 g/mol. The van der Waals surface area contributed by atoms with Crippen molar-refractivity contribution in [3.05, 3.63) is 121 Å². The maximum atomic E-state index is 2.46. The van der Waals surface area contributed by atoms with E-state index in [2.05, 4.69) is 132 Å². The summed E-state index contributed by atoms with van der Waals surface area (Å²) in [5.41, 5.74) is 10.2. The zero-order valence-electron chi connectivity index (χ0n) is 18.8. The number of benzene rings is 4. The van der Waals surface area contributed by atoms with Gasteiger partial charge in [-0.2, -0.15) is 0 Å². The highest BCUT2D eigenvalue weighted by Gasteiger charge is 2.39. The van der Waals surface area contributed by atoms with Gasteiger partial charge in [0.1, 0.15) is 0 Å². The molecule has 0 unspecified atom stereocenters. The Morgan fingerprint density at radius 3 is 2.09 bits per heavy atom. The van der Waals surface area contributed by atoms with Gasteiger partial charge in [-0.15, -0.1) is 0 Å². The second kappa shape index (κ2) is 6.49. The predicted molar refractivity (Wildman–Crippen MR) is 138 cm³/mol. The van der Waals surface area contributed by atoms with E-state index >= 15 is 0 Å². The highest BCUT2D eigenvalue weighted by atomic mass is 15.1. The number of aromatic nitrogens is 2. The van der Waals surface area contributed by atoms with Gasteiger partial charge in [0.2, 0.25) is 0 Å². The average molecular weight is 425 g/mol. The lowest BCUT2D eigenvalue weighted by molar-refractivity contribution is 0.646. The van der Waals surface area contributed by atoms with Crippen LogP contribution in [0, 0.1) is 0 Å². The molecule has 0 aliphatic carbocycles. The molecule has 1 aliphatic heterocycles. The first-order chi connectivity index (χ1) is 16.1. The third kappa shape index (κ3) is 2.44. The molecule has 2 heteroatoms. The van der Waals surface area contributed by atoms with Gasteiger partial charge in [0.15, 0.2) is 0 Å². The molecule has 0 radical (unpaired) electrons. The van der Waals surface area contributed by atoms with Gasteiger partial charge in [0.25, 0.3) is 0 Å². The van der Waals surface area contributed by atoms with Gasteiger partial charge in [0, 0.05) is 33.8 Å². The van der Waals surface area contributed by atoms with Gasteiger partial charge >= 0.3 is 0 Å². The summed E-state index contributed by atoms with van der Waals surface area (Å²) in [5.74, 6) is 0. The van der Waals surface area contributed by atoms with Crippen LogP contribution in [0.4, 0.5) is 0 Å². The summed E-state index contributed by atoms with van der Waals surface area (Å²) in [6.45, 7) is 4.70. The Labute approximate surface area is 193 Å². The maximum absolute atomic E-state index is 2.46. The molecule has 0 N–H and O–H groups in total. The molecule has 2 aromatic heterocycles. The van der Waals surface area contributed by atoms with Gasteiger partial charge in [-0.1, -0.05) is 92.7 Å². The number of rotatable bonds is 2.